The number of hydrogen-bond acceptors (Lipinski definition) is 6. The van der Waals surface area contributed by atoms with Gasteiger partial charge in [-0.05, 0) is 5.53 Å². The van der Waals surface area contributed by atoms with E-state index in [1.165, 1.54) is 0 Å². The molecule has 0 fully saturated rings. The Kier molecular flexibility index (Phi) is 14.3. The van der Waals surface area contributed by atoms with E-state index in [1.807, 2.05) is 0 Å². The van der Waals surface area contributed by atoms with Crippen molar-refractivity contribution in [3.63, 3.8) is 0 Å². The molecule has 0 aliphatic carbocycles. The third-order valence-corrected chi connectivity index (χ3v) is 1.62. The molecule has 0 aliphatic rings. The highest BCUT2D eigenvalue weighted by Gasteiger charge is 1.91. The van der Waals surface area contributed by atoms with Gasteiger partial charge >= 0.3 is 0 Å². The van der Waals surface area contributed by atoms with E-state index in [0.29, 0.717) is 52.8 Å². The van der Waals surface area contributed by atoms with E-state index in [0.717, 1.165) is 0 Å². The summed E-state index contributed by atoms with van der Waals surface area (Å²) in [7, 11) is 1.70. The van der Waals surface area contributed by atoms with Crippen molar-refractivity contribution in [3.8, 4) is 0 Å². The molecule has 0 atom stereocenters. The van der Waals surface area contributed by atoms with Gasteiger partial charge in [0.05, 0.1) is 46.2 Å². The van der Waals surface area contributed by atoms with Crippen LogP contribution >= 0.6 is 0 Å². The summed E-state index contributed by atoms with van der Waals surface area (Å²) in [5.41, 5.74) is 10.5. The summed E-state index contributed by atoms with van der Waals surface area (Å²) >= 11 is 0. The fourth-order valence-electron chi connectivity index (χ4n) is 0.895. The predicted octanol–water partition coefficient (Wildman–Crippen LogP) is 0.497. The quantitative estimate of drug-likeness (QED) is 0.168. The van der Waals surface area contributed by atoms with Gasteiger partial charge in [0.15, 0.2) is 0 Å². The van der Waals surface area contributed by atoms with Gasteiger partial charge in [-0.1, -0.05) is 5.11 Å². The standard InChI is InChI=1S/C9H20N4O4/c1-11-17-9-8-16-7-6-15-5-4-14-3-2-12-13-10/h11H,2-9H2,1H3. The van der Waals surface area contributed by atoms with E-state index < -0.39 is 0 Å². The minimum atomic E-state index is 0.352. The van der Waals surface area contributed by atoms with E-state index in [2.05, 4.69) is 15.5 Å². The third-order valence-electron chi connectivity index (χ3n) is 1.62. The normalized spacial score (nSPS) is 10.2. The van der Waals surface area contributed by atoms with E-state index >= 15 is 0 Å². The molecule has 1 N–H and O–H groups in total. The van der Waals surface area contributed by atoms with Crippen molar-refractivity contribution in [2.75, 3.05) is 59.8 Å². The van der Waals surface area contributed by atoms with Gasteiger partial charge in [-0.3, -0.25) is 4.84 Å². The number of azide groups is 1. The second-order valence-corrected chi connectivity index (χ2v) is 2.84. The van der Waals surface area contributed by atoms with Gasteiger partial charge < -0.3 is 14.2 Å². The Balaban J connectivity index is 2.91. The first-order valence-electron chi connectivity index (χ1n) is 5.44. The van der Waals surface area contributed by atoms with Crippen LogP contribution in [-0.2, 0) is 19.0 Å². The predicted molar refractivity (Wildman–Crippen MR) is 61.5 cm³/mol. The van der Waals surface area contributed by atoms with Crippen molar-refractivity contribution in [2.24, 2.45) is 5.11 Å². The van der Waals surface area contributed by atoms with Crippen LogP contribution in [0.2, 0.25) is 0 Å². The smallest absolute Gasteiger partial charge is 0.0915 e. The van der Waals surface area contributed by atoms with Gasteiger partial charge in [-0.25, -0.2) is 5.48 Å². The zero-order valence-electron chi connectivity index (χ0n) is 10.1. The molecule has 0 saturated carbocycles. The Morgan fingerprint density at radius 2 is 1.47 bits per heavy atom. The number of ether oxygens (including phenoxy) is 3. The molecule has 0 heterocycles. The Morgan fingerprint density at radius 3 is 2.00 bits per heavy atom. The molecule has 0 spiro atoms. The van der Waals surface area contributed by atoms with Gasteiger partial charge in [-0.2, -0.15) is 0 Å². The largest absolute Gasteiger partial charge is 0.379 e. The molecule has 0 aliphatic heterocycles. The van der Waals surface area contributed by atoms with Crippen molar-refractivity contribution in [2.45, 2.75) is 0 Å². The van der Waals surface area contributed by atoms with Gasteiger partial charge in [0.25, 0.3) is 0 Å². The monoisotopic (exact) mass is 248 g/mol. The molecule has 0 aromatic rings. The molecule has 0 amide bonds. The summed E-state index contributed by atoms with van der Waals surface area (Å²) in [5.74, 6) is 0. The van der Waals surface area contributed by atoms with Crippen LogP contribution in [0.25, 0.3) is 10.4 Å². The summed E-state index contributed by atoms with van der Waals surface area (Å²) in [6.45, 7) is 3.88. The van der Waals surface area contributed by atoms with Crippen LogP contribution in [0.3, 0.4) is 0 Å². The van der Waals surface area contributed by atoms with Gasteiger partial charge in [0, 0.05) is 18.5 Å². The van der Waals surface area contributed by atoms with Crippen molar-refractivity contribution >= 4 is 0 Å². The molecular weight excluding hydrogens is 228 g/mol. The Bertz CT molecular complexity index is 199. The first-order valence-corrected chi connectivity index (χ1v) is 5.44. The first kappa shape index (κ1) is 16.1. The molecule has 8 nitrogen and oxygen atoms in total. The molecule has 0 bridgehead atoms. The minimum Gasteiger partial charge on any atom is -0.379 e. The molecule has 8 heteroatoms. The highest BCUT2D eigenvalue weighted by atomic mass is 16.7. The van der Waals surface area contributed by atoms with Crippen molar-refractivity contribution in [1.29, 1.82) is 0 Å². The lowest BCUT2D eigenvalue weighted by Crippen LogP contribution is -2.15. The first-order chi connectivity index (χ1) is 8.41. The maximum absolute atomic E-state index is 7.99. The van der Waals surface area contributed by atoms with Gasteiger partial charge in [0.1, 0.15) is 0 Å². The fraction of sp³-hybridized carbons (Fsp3) is 1.00. The van der Waals surface area contributed by atoms with Crippen LogP contribution in [0.5, 0.6) is 0 Å². The number of hydroxylamine groups is 1. The SMILES string of the molecule is CNOCCOCCOCCOCCN=[N+]=[N-]. The van der Waals surface area contributed by atoms with Gasteiger partial charge in [-0.15, -0.1) is 0 Å². The molecule has 0 unspecified atom stereocenters. The zero-order chi connectivity index (χ0) is 12.6. The summed E-state index contributed by atoms with van der Waals surface area (Å²) in [6.07, 6.45) is 0. The van der Waals surface area contributed by atoms with Crippen LogP contribution in [-0.4, -0.2) is 59.8 Å². The minimum absolute atomic E-state index is 0.352. The fourth-order valence-corrected chi connectivity index (χ4v) is 0.895. The van der Waals surface area contributed by atoms with Crippen LogP contribution < -0.4 is 5.48 Å². The molecule has 0 radical (unpaired) electrons. The average molecular weight is 248 g/mol. The molecule has 0 aromatic carbocycles. The lowest BCUT2D eigenvalue weighted by atomic mass is 10.7. The van der Waals surface area contributed by atoms with E-state index in [1.54, 1.807) is 7.05 Å². The van der Waals surface area contributed by atoms with Crippen LogP contribution in [0, 0.1) is 0 Å². The number of nitrogens with zero attached hydrogens (tertiary/aromatic N) is 3. The van der Waals surface area contributed by atoms with Crippen LogP contribution in [0.15, 0.2) is 5.11 Å². The van der Waals surface area contributed by atoms with Crippen molar-refractivity contribution < 1.29 is 19.0 Å². The highest BCUT2D eigenvalue weighted by Crippen LogP contribution is 1.82. The average Bonchev–Trinajstić information content (AvgIpc) is 2.35. The highest BCUT2D eigenvalue weighted by molar-refractivity contribution is 4.44. The Hall–Kier alpha value is -0.890. The van der Waals surface area contributed by atoms with Crippen molar-refractivity contribution in [3.05, 3.63) is 10.4 Å². The molecule has 0 rings (SSSR count). The lowest BCUT2D eigenvalue weighted by Gasteiger charge is -2.06. The summed E-state index contributed by atoms with van der Waals surface area (Å²) in [6, 6.07) is 0. The van der Waals surface area contributed by atoms with Crippen LogP contribution in [0.1, 0.15) is 0 Å². The van der Waals surface area contributed by atoms with Crippen LogP contribution in [0.4, 0.5) is 0 Å². The third kappa shape index (κ3) is 15.1. The molecule has 0 saturated heterocycles. The lowest BCUT2D eigenvalue weighted by molar-refractivity contribution is -0.0183. The molecular formula is C9H20N4O4. The molecule has 100 valence electrons. The number of rotatable bonds is 13. The summed E-state index contributed by atoms with van der Waals surface area (Å²) in [4.78, 5) is 7.46. The summed E-state index contributed by atoms with van der Waals surface area (Å²) in [5, 5.41) is 3.33. The van der Waals surface area contributed by atoms with E-state index in [-0.39, 0.29) is 0 Å². The Morgan fingerprint density at radius 1 is 0.941 bits per heavy atom. The second-order valence-electron chi connectivity index (χ2n) is 2.84. The molecule has 0 aromatic heterocycles. The maximum atomic E-state index is 7.99. The van der Waals surface area contributed by atoms with E-state index in [4.69, 9.17) is 24.6 Å². The Labute approximate surface area is 101 Å². The topological polar surface area (TPSA) is 97.7 Å². The summed E-state index contributed by atoms with van der Waals surface area (Å²) < 4.78 is 15.6. The van der Waals surface area contributed by atoms with E-state index in [9.17, 15) is 0 Å². The van der Waals surface area contributed by atoms with Crippen molar-refractivity contribution in [1.82, 2.24) is 5.48 Å². The maximum Gasteiger partial charge on any atom is 0.0915 e. The number of nitrogens with one attached hydrogen (secondary N) is 1. The second kappa shape index (κ2) is 15.1. The van der Waals surface area contributed by atoms with Gasteiger partial charge in [0.2, 0.25) is 0 Å². The molecule has 17 heavy (non-hydrogen) atoms. The number of hydrogen-bond donors (Lipinski definition) is 1. The zero-order valence-corrected chi connectivity index (χ0v) is 10.1.